The SMILES string of the molecule is N#Cc1cc(-c2ccnc(-c3cnn(CCN4CCOCC4)c3)c2)[nH]c1N1CCNCC1. The van der Waals surface area contributed by atoms with E-state index >= 15 is 0 Å². The second kappa shape index (κ2) is 9.53. The minimum absolute atomic E-state index is 0.677. The van der Waals surface area contributed by atoms with Gasteiger partial charge in [-0.3, -0.25) is 14.6 Å². The van der Waals surface area contributed by atoms with E-state index in [0.29, 0.717) is 5.56 Å². The first-order valence-electron chi connectivity index (χ1n) is 11.2. The molecule has 166 valence electrons. The molecular weight excluding hydrogens is 404 g/mol. The molecule has 5 heterocycles. The Morgan fingerprint density at radius 2 is 1.91 bits per heavy atom. The molecule has 0 radical (unpaired) electrons. The first-order valence-corrected chi connectivity index (χ1v) is 11.2. The van der Waals surface area contributed by atoms with E-state index in [2.05, 4.69) is 42.3 Å². The number of nitrogens with one attached hydrogen (secondary N) is 2. The summed E-state index contributed by atoms with van der Waals surface area (Å²) in [4.78, 5) is 12.7. The molecule has 0 spiro atoms. The predicted molar refractivity (Wildman–Crippen MR) is 122 cm³/mol. The van der Waals surface area contributed by atoms with Gasteiger partial charge in [0.1, 0.15) is 11.9 Å². The van der Waals surface area contributed by atoms with Gasteiger partial charge in [0.05, 0.1) is 37.2 Å². The number of ether oxygens (including phenoxy) is 1. The monoisotopic (exact) mass is 432 g/mol. The molecular formula is C23H28N8O. The lowest BCUT2D eigenvalue weighted by molar-refractivity contribution is 0.0360. The maximum Gasteiger partial charge on any atom is 0.124 e. The van der Waals surface area contributed by atoms with Crippen LogP contribution < -0.4 is 10.2 Å². The molecule has 9 heteroatoms. The lowest BCUT2D eigenvalue weighted by Gasteiger charge is -2.28. The molecule has 0 aromatic carbocycles. The smallest absolute Gasteiger partial charge is 0.124 e. The van der Waals surface area contributed by atoms with E-state index in [9.17, 15) is 5.26 Å². The molecule has 32 heavy (non-hydrogen) atoms. The first kappa shape index (κ1) is 20.7. The van der Waals surface area contributed by atoms with Crippen LogP contribution in [0.15, 0.2) is 36.8 Å². The fraction of sp³-hybridized carbons (Fsp3) is 0.435. The van der Waals surface area contributed by atoms with Crippen molar-refractivity contribution in [3.63, 3.8) is 0 Å². The molecule has 0 unspecified atom stereocenters. The second-order valence-electron chi connectivity index (χ2n) is 8.17. The summed E-state index contributed by atoms with van der Waals surface area (Å²) in [5.74, 6) is 0.901. The number of anilines is 1. The summed E-state index contributed by atoms with van der Waals surface area (Å²) >= 11 is 0. The van der Waals surface area contributed by atoms with Gasteiger partial charge < -0.3 is 19.9 Å². The van der Waals surface area contributed by atoms with Gasteiger partial charge in [0, 0.05) is 75.0 Å². The Balaban J connectivity index is 1.32. The highest BCUT2D eigenvalue weighted by Crippen LogP contribution is 2.29. The third-order valence-corrected chi connectivity index (χ3v) is 6.10. The van der Waals surface area contributed by atoms with Crippen LogP contribution in [0.3, 0.4) is 0 Å². The van der Waals surface area contributed by atoms with E-state index in [4.69, 9.17) is 4.74 Å². The van der Waals surface area contributed by atoms with Crippen molar-refractivity contribution in [3.05, 3.63) is 42.4 Å². The van der Waals surface area contributed by atoms with Crippen molar-refractivity contribution in [1.82, 2.24) is 30.0 Å². The molecule has 0 atom stereocenters. The van der Waals surface area contributed by atoms with Gasteiger partial charge in [-0.1, -0.05) is 0 Å². The number of hydrogen-bond donors (Lipinski definition) is 2. The molecule has 9 nitrogen and oxygen atoms in total. The van der Waals surface area contributed by atoms with Gasteiger partial charge in [-0.15, -0.1) is 0 Å². The van der Waals surface area contributed by atoms with Crippen LogP contribution in [0.5, 0.6) is 0 Å². The molecule has 0 saturated carbocycles. The molecule has 0 bridgehead atoms. The quantitative estimate of drug-likeness (QED) is 0.610. The van der Waals surface area contributed by atoms with Gasteiger partial charge in [0.15, 0.2) is 0 Å². The number of nitriles is 1. The number of hydrogen-bond acceptors (Lipinski definition) is 7. The zero-order chi connectivity index (χ0) is 21.8. The summed E-state index contributed by atoms with van der Waals surface area (Å²) < 4.78 is 7.39. The molecule has 3 aromatic heterocycles. The number of morpholine rings is 1. The first-order chi connectivity index (χ1) is 15.8. The molecule has 2 fully saturated rings. The molecule has 2 saturated heterocycles. The number of H-pyrrole nitrogens is 1. The fourth-order valence-electron chi connectivity index (χ4n) is 4.26. The minimum Gasteiger partial charge on any atom is -0.379 e. The fourth-order valence-corrected chi connectivity index (χ4v) is 4.26. The van der Waals surface area contributed by atoms with E-state index < -0.39 is 0 Å². The largest absolute Gasteiger partial charge is 0.379 e. The maximum atomic E-state index is 9.64. The highest BCUT2D eigenvalue weighted by Gasteiger charge is 2.18. The Bertz CT molecular complexity index is 1090. The Morgan fingerprint density at radius 3 is 2.72 bits per heavy atom. The van der Waals surface area contributed by atoms with Gasteiger partial charge in [-0.25, -0.2) is 0 Å². The summed E-state index contributed by atoms with van der Waals surface area (Å²) in [6, 6.07) is 8.30. The van der Waals surface area contributed by atoms with Crippen LogP contribution in [0.1, 0.15) is 5.56 Å². The van der Waals surface area contributed by atoms with Crippen LogP contribution in [0.4, 0.5) is 5.82 Å². The van der Waals surface area contributed by atoms with Crippen LogP contribution >= 0.6 is 0 Å². The van der Waals surface area contributed by atoms with Gasteiger partial charge >= 0.3 is 0 Å². The number of rotatable bonds is 6. The van der Waals surface area contributed by atoms with Gasteiger partial charge in [0.2, 0.25) is 0 Å². The van der Waals surface area contributed by atoms with Crippen LogP contribution in [-0.2, 0) is 11.3 Å². The summed E-state index contributed by atoms with van der Waals surface area (Å²) in [5.41, 5.74) is 4.48. The van der Waals surface area contributed by atoms with Crippen LogP contribution in [0.25, 0.3) is 22.5 Å². The lowest BCUT2D eigenvalue weighted by Crippen LogP contribution is -2.44. The van der Waals surface area contributed by atoms with Crippen LogP contribution in [0, 0.1) is 11.3 Å². The lowest BCUT2D eigenvalue weighted by atomic mass is 10.1. The standard InChI is InChI=1S/C23H28N8O/c24-15-19-14-22(28-23(19)30-5-3-25-4-6-30)18-1-2-26-21(13-18)20-16-27-31(17-20)8-7-29-9-11-32-12-10-29/h1-2,13-14,16-17,25,28H,3-12H2. The third kappa shape index (κ3) is 4.53. The van der Waals surface area contributed by atoms with E-state index in [0.717, 1.165) is 93.9 Å². The Labute approximate surface area is 187 Å². The van der Waals surface area contributed by atoms with Crippen molar-refractivity contribution < 1.29 is 4.74 Å². The Kier molecular flexibility index (Phi) is 6.16. The van der Waals surface area contributed by atoms with E-state index in [-0.39, 0.29) is 0 Å². The predicted octanol–water partition coefficient (Wildman–Crippen LogP) is 1.55. The summed E-state index contributed by atoms with van der Waals surface area (Å²) in [6.07, 6.45) is 5.73. The molecule has 5 rings (SSSR count). The third-order valence-electron chi connectivity index (χ3n) is 6.10. The Morgan fingerprint density at radius 1 is 1.06 bits per heavy atom. The topological polar surface area (TPSA) is 98.0 Å². The average molecular weight is 433 g/mol. The van der Waals surface area contributed by atoms with Crippen molar-refractivity contribution in [3.8, 4) is 28.6 Å². The molecule has 2 N–H and O–H groups in total. The minimum atomic E-state index is 0.677. The van der Waals surface area contributed by atoms with Crippen LogP contribution in [-0.4, -0.2) is 83.7 Å². The van der Waals surface area contributed by atoms with E-state index in [1.807, 2.05) is 35.4 Å². The van der Waals surface area contributed by atoms with Crippen LogP contribution in [0.2, 0.25) is 0 Å². The second-order valence-corrected chi connectivity index (χ2v) is 8.17. The molecule has 0 aliphatic carbocycles. The van der Waals surface area contributed by atoms with Crippen molar-refractivity contribution in [2.24, 2.45) is 0 Å². The highest BCUT2D eigenvalue weighted by atomic mass is 16.5. The zero-order valence-corrected chi connectivity index (χ0v) is 18.1. The van der Waals surface area contributed by atoms with Crippen molar-refractivity contribution >= 4 is 5.82 Å². The van der Waals surface area contributed by atoms with Crippen molar-refractivity contribution in [2.45, 2.75) is 6.54 Å². The zero-order valence-electron chi connectivity index (χ0n) is 18.1. The van der Waals surface area contributed by atoms with Gasteiger partial charge in [-0.2, -0.15) is 10.4 Å². The van der Waals surface area contributed by atoms with E-state index in [1.54, 1.807) is 0 Å². The van der Waals surface area contributed by atoms with Crippen molar-refractivity contribution in [1.29, 1.82) is 5.26 Å². The number of nitrogens with zero attached hydrogens (tertiary/aromatic N) is 6. The van der Waals surface area contributed by atoms with Crippen molar-refractivity contribution in [2.75, 3.05) is 63.9 Å². The van der Waals surface area contributed by atoms with Gasteiger partial charge in [-0.05, 0) is 18.2 Å². The number of pyridine rings is 1. The molecule has 2 aliphatic rings. The number of aromatic nitrogens is 4. The summed E-state index contributed by atoms with van der Waals surface area (Å²) in [6.45, 7) is 9.01. The van der Waals surface area contributed by atoms with E-state index in [1.165, 1.54) is 0 Å². The number of aromatic amines is 1. The maximum absolute atomic E-state index is 9.64. The Hall–Kier alpha value is -3.19. The highest BCUT2D eigenvalue weighted by molar-refractivity contribution is 5.72. The summed E-state index contributed by atoms with van der Waals surface area (Å²) in [7, 11) is 0. The number of piperazine rings is 1. The normalized spacial score (nSPS) is 17.4. The average Bonchev–Trinajstić information content (AvgIpc) is 3.52. The summed E-state index contributed by atoms with van der Waals surface area (Å²) in [5, 5.41) is 17.5. The molecule has 3 aromatic rings. The molecule has 2 aliphatic heterocycles. The van der Waals surface area contributed by atoms with Gasteiger partial charge in [0.25, 0.3) is 0 Å². The molecule has 0 amide bonds.